The predicted molar refractivity (Wildman–Crippen MR) is 171 cm³/mol. The van der Waals surface area contributed by atoms with E-state index in [1.807, 2.05) is 72.8 Å². The average Bonchev–Trinajstić information content (AvgIpc) is 3.41. The molecule has 0 aliphatic rings. The van der Waals surface area contributed by atoms with Crippen LogP contribution in [0.5, 0.6) is 41.0 Å². The number of fused-ring (bicyclic) bond motifs is 1. The van der Waals surface area contributed by atoms with Crippen LogP contribution in [0.3, 0.4) is 0 Å². The Balaban J connectivity index is 1.29. The molecule has 1 N–H and O–H groups in total. The Bertz CT molecular complexity index is 1850. The van der Waals surface area contributed by atoms with Crippen molar-refractivity contribution in [3.05, 3.63) is 102 Å². The van der Waals surface area contributed by atoms with Gasteiger partial charge in [-0.3, -0.25) is 0 Å². The quantitative estimate of drug-likeness (QED) is 0.193. The lowest BCUT2D eigenvalue weighted by Crippen LogP contribution is -2.10. The molecule has 4 aromatic carbocycles. The highest BCUT2D eigenvalue weighted by atomic mass is 16.5. The second-order valence-electron chi connectivity index (χ2n) is 12.7. The summed E-state index contributed by atoms with van der Waals surface area (Å²) in [5.74, 6) is 1.27. The van der Waals surface area contributed by atoms with Crippen LogP contribution in [0.2, 0.25) is 0 Å². The molecule has 10 nitrogen and oxygen atoms in total. The molecule has 2 aromatic heterocycles. The Kier molecular flexibility index (Phi) is 7.57. The molecular formula is C35H34N6O4. The molecule has 0 fully saturated rings. The van der Waals surface area contributed by atoms with Crippen molar-refractivity contribution in [1.82, 2.24) is 29.9 Å². The Morgan fingerprint density at radius 2 is 0.933 bits per heavy atom. The summed E-state index contributed by atoms with van der Waals surface area (Å²) in [5, 5.41) is 19.7. The zero-order valence-corrected chi connectivity index (χ0v) is 26.0. The highest BCUT2D eigenvalue weighted by molar-refractivity contribution is 5.73. The van der Waals surface area contributed by atoms with Gasteiger partial charge in [-0.1, -0.05) is 77.9 Å². The molecule has 6 rings (SSSR count). The van der Waals surface area contributed by atoms with Crippen molar-refractivity contribution in [2.45, 2.75) is 52.4 Å². The van der Waals surface area contributed by atoms with E-state index in [0.29, 0.717) is 28.2 Å². The van der Waals surface area contributed by atoms with E-state index in [-0.39, 0.29) is 40.4 Å². The van der Waals surface area contributed by atoms with E-state index < -0.39 is 0 Å². The summed E-state index contributed by atoms with van der Waals surface area (Å²) in [6, 6.07) is 27.6. The number of hydrogen-bond donors (Lipinski definition) is 1. The van der Waals surface area contributed by atoms with E-state index in [4.69, 9.17) is 14.2 Å². The average molecular weight is 603 g/mol. The van der Waals surface area contributed by atoms with Crippen LogP contribution in [-0.4, -0.2) is 35.1 Å². The second-order valence-corrected chi connectivity index (χ2v) is 12.7. The van der Waals surface area contributed by atoms with Crippen LogP contribution in [-0.2, 0) is 10.8 Å². The molecule has 0 saturated carbocycles. The van der Waals surface area contributed by atoms with Gasteiger partial charge in [0.2, 0.25) is 0 Å². The van der Waals surface area contributed by atoms with E-state index in [0.717, 1.165) is 0 Å². The van der Waals surface area contributed by atoms with Crippen LogP contribution in [0.25, 0.3) is 16.7 Å². The lowest BCUT2D eigenvalue weighted by molar-refractivity contribution is 0.361. The van der Waals surface area contributed by atoms with Gasteiger partial charge in [0.05, 0.1) is 0 Å². The Labute approximate surface area is 261 Å². The number of aromatic hydroxyl groups is 1. The lowest BCUT2D eigenvalue weighted by atomic mass is 9.87. The first-order chi connectivity index (χ1) is 21.4. The van der Waals surface area contributed by atoms with Gasteiger partial charge in [0.1, 0.15) is 39.7 Å². The molecule has 2 heterocycles. The zero-order valence-electron chi connectivity index (χ0n) is 26.0. The Hall–Kier alpha value is -5.51. The van der Waals surface area contributed by atoms with E-state index in [9.17, 15) is 5.11 Å². The van der Waals surface area contributed by atoms with E-state index in [2.05, 4.69) is 66.7 Å². The van der Waals surface area contributed by atoms with Gasteiger partial charge >= 0.3 is 18.0 Å². The maximum atomic E-state index is 10.8. The van der Waals surface area contributed by atoms with Crippen molar-refractivity contribution in [1.29, 1.82) is 0 Å². The minimum atomic E-state index is -0.0901. The smallest absolute Gasteiger partial charge is 0.331 e. The topological polar surface area (TPSA) is 117 Å². The van der Waals surface area contributed by atoms with Crippen molar-refractivity contribution in [3.63, 3.8) is 0 Å². The zero-order chi connectivity index (χ0) is 31.8. The van der Waals surface area contributed by atoms with Gasteiger partial charge in [-0.05, 0) is 70.5 Å². The van der Waals surface area contributed by atoms with Crippen molar-refractivity contribution in [3.8, 4) is 46.7 Å². The highest BCUT2D eigenvalue weighted by Gasteiger charge is 2.18. The van der Waals surface area contributed by atoms with Gasteiger partial charge in [0, 0.05) is 6.07 Å². The van der Waals surface area contributed by atoms with Crippen LogP contribution in [0, 0.1) is 0 Å². The number of nitrogens with zero attached hydrogens (tertiary/aromatic N) is 6. The number of phenolic OH excluding ortho intramolecular Hbond substituents is 1. The summed E-state index contributed by atoms with van der Waals surface area (Å²) in [7, 11) is 0. The van der Waals surface area contributed by atoms with Crippen LogP contribution in [0.15, 0.2) is 91.0 Å². The summed E-state index contributed by atoms with van der Waals surface area (Å²) in [6.45, 7) is 12.9. The van der Waals surface area contributed by atoms with E-state index >= 15 is 0 Å². The van der Waals surface area contributed by atoms with Crippen molar-refractivity contribution in [2.75, 3.05) is 0 Å². The molecule has 0 aliphatic carbocycles. The first kappa shape index (κ1) is 29.6. The summed E-state index contributed by atoms with van der Waals surface area (Å²) in [6.07, 6.45) is 0. The highest BCUT2D eigenvalue weighted by Crippen LogP contribution is 2.32. The molecule has 0 bridgehead atoms. The van der Waals surface area contributed by atoms with Gasteiger partial charge in [-0.15, -0.1) is 29.9 Å². The van der Waals surface area contributed by atoms with Gasteiger partial charge in [0.25, 0.3) is 0 Å². The molecule has 0 aliphatic heterocycles. The van der Waals surface area contributed by atoms with Crippen LogP contribution < -0.4 is 14.2 Å². The summed E-state index contributed by atoms with van der Waals surface area (Å²) in [5.41, 5.74) is 4.14. The summed E-state index contributed by atoms with van der Waals surface area (Å²) < 4.78 is 18.0. The molecule has 0 amide bonds. The van der Waals surface area contributed by atoms with Crippen molar-refractivity contribution < 1.29 is 19.3 Å². The SMILES string of the molecule is CC(C)(C)c1ccc(Oc2nc(Oc3ccc(C(C)(C)C)cc3)nc(Oc3ccc(-n4nc5ccccc5n4)c(O)c3)n2)cc1. The van der Waals surface area contributed by atoms with Crippen LogP contribution in [0.4, 0.5) is 0 Å². The first-order valence-electron chi connectivity index (χ1n) is 14.6. The monoisotopic (exact) mass is 602 g/mol. The van der Waals surface area contributed by atoms with Gasteiger partial charge in [-0.2, -0.15) is 0 Å². The fourth-order valence-corrected chi connectivity index (χ4v) is 4.52. The number of benzene rings is 4. The molecular weight excluding hydrogens is 568 g/mol. The van der Waals surface area contributed by atoms with Crippen LogP contribution >= 0.6 is 0 Å². The molecule has 0 spiro atoms. The Morgan fingerprint density at radius 3 is 1.33 bits per heavy atom. The molecule has 0 unspecified atom stereocenters. The number of hydrogen-bond acceptors (Lipinski definition) is 9. The molecule has 0 atom stereocenters. The summed E-state index contributed by atoms with van der Waals surface area (Å²) in [4.78, 5) is 14.5. The van der Waals surface area contributed by atoms with E-state index in [1.165, 1.54) is 22.0 Å². The van der Waals surface area contributed by atoms with Crippen LogP contribution in [0.1, 0.15) is 52.7 Å². The largest absolute Gasteiger partial charge is 0.505 e. The van der Waals surface area contributed by atoms with Crippen molar-refractivity contribution >= 4 is 11.0 Å². The molecule has 0 saturated heterocycles. The van der Waals surface area contributed by atoms with Gasteiger partial charge in [0.15, 0.2) is 0 Å². The maximum Gasteiger partial charge on any atom is 0.331 e. The number of rotatable bonds is 7. The molecule has 10 heteroatoms. The molecule has 6 aromatic rings. The fraction of sp³-hybridized carbons (Fsp3) is 0.229. The van der Waals surface area contributed by atoms with Gasteiger partial charge in [-0.25, -0.2) is 0 Å². The third-order valence-corrected chi connectivity index (χ3v) is 7.09. The normalized spacial score (nSPS) is 11.9. The second kappa shape index (κ2) is 11.5. The fourth-order valence-electron chi connectivity index (χ4n) is 4.52. The number of aromatic nitrogens is 6. The minimum absolute atomic E-state index is 0.00168. The lowest BCUT2D eigenvalue weighted by Gasteiger charge is -2.19. The number of phenols is 1. The standard InChI is InChI=1S/C35H34N6O4/c1-34(2,3)22-11-15-24(16-12-22)43-31-36-32(44-25-17-13-23(14-18-25)35(4,5)6)38-33(37-31)45-26-19-20-29(30(42)21-26)41-39-27-9-7-8-10-28(27)40-41/h7-21,42H,1-6H3. The first-order valence-corrected chi connectivity index (χ1v) is 14.6. The maximum absolute atomic E-state index is 10.8. The predicted octanol–water partition coefficient (Wildman–Crippen LogP) is 8.28. The van der Waals surface area contributed by atoms with E-state index in [1.54, 1.807) is 12.1 Å². The summed E-state index contributed by atoms with van der Waals surface area (Å²) >= 11 is 0. The van der Waals surface area contributed by atoms with Crippen molar-refractivity contribution in [2.24, 2.45) is 0 Å². The third kappa shape index (κ3) is 6.85. The molecule has 228 valence electrons. The number of ether oxygens (including phenoxy) is 3. The Morgan fingerprint density at radius 1 is 0.533 bits per heavy atom. The molecule has 0 radical (unpaired) electrons. The molecule has 45 heavy (non-hydrogen) atoms. The van der Waals surface area contributed by atoms with Gasteiger partial charge < -0.3 is 19.3 Å². The minimum Gasteiger partial charge on any atom is -0.505 e. The third-order valence-electron chi connectivity index (χ3n) is 7.09.